The van der Waals surface area contributed by atoms with Gasteiger partial charge in [0, 0.05) is 38.2 Å². The van der Waals surface area contributed by atoms with Crippen molar-refractivity contribution < 1.29 is 32.6 Å². The van der Waals surface area contributed by atoms with Crippen molar-refractivity contribution in [3.8, 4) is 0 Å². The number of pyridine rings is 1. The lowest BCUT2D eigenvalue weighted by Gasteiger charge is -2.25. The van der Waals surface area contributed by atoms with E-state index in [2.05, 4.69) is 4.98 Å². The first kappa shape index (κ1) is 21.5. The molecule has 1 aromatic carbocycles. The topological polar surface area (TPSA) is 79.7 Å². The summed E-state index contributed by atoms with van der Waals surface area (Å²) in [5.74, 6) is -2.17. The molecule has 3 rings (SSSR count). The van der Waals surface area contributed by atoms with Crippen LogP contribution in [0.3, 0.4) is 0 Å². The monoisotopic (exact) mass is 420 g/mol. The average Bonchev–Trinajstić information content (AvgIpc) is 2.98. The first-order chi connectivity index (χ1) is 14.3. The Morgan fingerprint density at radius 1 is 1.20 bits per heavy atom. The van der Waals surface area contributed by atoms with Gasteiger partial charge in [0.05, 0.1) is 17.2 Å². The van der Waals surface area contributed by atoms with Crippen molar-refractivity contribution in [1.29, 1.82) is 0 Å². The minimum atomic E-state index is -4.52. The minimum Gasteiger partial charge on any atom is -0.507 e. The molecule has 2 heterocycles. The molecule has 1 aliphatic rings. The molecule has 1 atom stereocenters. The molecule has 9 heteroatoms. The van der Waals surface area contributed by atoms with E-state index in [-0.39, 0.29) is 23.2 Å². The van der Waals surface area contributed by atoms with Crippen LogP contribution in [0, 0.1) is 0 Å². The second-order valence-electron chi connectivity index (χ2n) is 6.70. The molecule has 0 saturated carbocycles. The van der Waals surface area contributed by atoms with Crippen LogP contribution < -0.4 is 0 Å². The van der Waals surface area contributed by atoms with Gasteiger partial charge in [0.25, 0.3) is 11.7 Å². The number of ether oxygens (including phenoxy) is 1. The normalized spacial score (nSPS) is 18.8. The molecule has 1 N–H and O–H groups in total. The Kier molecular flexibility index (Phi) is 6.21. The number of ketones is 1. The SMILES string of the molecule is COCCCN1C(=O)C(=O)C(=C(O)c2cccnc2)C1c1ccc(C(F)(F)F)cc1. The van der Waals surface area contributed by atoms with Crippen molar-refractivity contribution in [3.05, 3.63) is 71.1 Å². The van der Waals surface area contributed by atoms with Crippen LogP contribution in [0.15, 0.2) is 54.4 Å². The summed E-state index contributed by atoms with van der Waals surface area (Å²) in [6.45, 7) is 0.458. The number of halogens is 3. The molecule has 1 amide bonds. The van der Waals surface area contributed by atoms with Crippen LogP contribution in [0.1, 0.15) is 29.2 Å². The predicted molar refractivity (Wildman–Crippen MR) is 101 cm³/mol. The number of benzene rings is 1. The van der Waals surface area contributed by atoms with Crippen molar-refractivity contribution >= 4 is 17.4 Å². The van der Waals surface area contributed by atoms with Crippen molar-refractivity contribution in [2.75, 3.05) is 20.3 Å². The third-order valence-electron chi connectivity index (χ3n) is 4.78. The number of alkyl halides is 3. The quantitative estimate of drug-likeness (QED) is 0.335. The Morgan fingerprint density at radius 2 is 1.90 bits per heavy atom. The molecule has 0 spiro atoms. The lowest BCUT2D eigenvalue weighted by molar-refractivity contribution is -0.140. The zero-order chi connectivity index (χ0) is 21.9. The predicted octanol–water partition coefficient (Wildman–Crippen LogP) is 3.56. The van der Waals surface area contributed by atoms with E-state index in [9.17, 15) is 27.9 Å². The van der Waals surface area contributed by atoms with Crippen LogP contribution in [0.5, 0.6) is 0 Å². The van der Waals surface area contributed by atoms with Gasteiger partial charge in [-0.15, -0.1) is 0 Å². The van der Waals surface area contributed by atoms with E-state index in [0.717, 1.165) is 12.1 Å². The molecule has 1 fully saturated rings. The summed E-state index contributed by atoms with van der Waals surface area (Å²) in [6, 6.07) is 6.23. The summed E-state index contributed by atoms with van der Waals surface area (Å²) in [6.07, 6.45) is -1.30. The van der Waals surface area contributed by atoms with E-state index in [0.29, 0.717) is 13.0 Å². The number of amides is 1. The standard InChI is InChI=1S/C21H19F3N2O4/c1-30-11-3-10-26-17(13-5-7-15(8-6-13)21(22,23)24)16(19(28)20(26)29)18(27)14-4-2-9-25-12-14/h2,4-9,12,17,27H,3,10-11H2,1H3. The molecule has 1 aliphatic heterocycles. The van der Waals surface area contributed by atoms with Gasteiger partial charge in [0.15, 0.2) is 0 Å². The molecule has 0 aliphatic carbocycles. The highest BCUT2D eigenvalue weighted by Crippen LogP contribution is 2.40. The molecular weight excluding hydrogens is 401 g/mol. The van der Waals surface area contributed by atoms with Crippen molar-refractivity contribution in [2.45, 2.75) is 18.6 Å². The summed E-state index contributed by atoms with van der Waals surface area (Å²) in [4.78, 5) is 30.5. The van der Waals surface area contributed by atoms with Gasteiger partial charge in [0.1, 0.15) is 5.76 Å². The van der Waals surface area contributed by atoms with Gasteiger partial charge in [0.2, 0.25) is 0 Å². The highest BCUT2D eigenvalue weighted by atomic mass is 19.4. The second-order valence-corrected chi connectivity index (χ2v) is 6.70. The van der Waals surface area contributed by atoms with Crippen LogP contribution in [0.2, 0.25) is 0 Å². The van der Waals surface area contributed by atoms with Gasteiger partial charge >= 0.3 is 6.18 Å². The number of carbonyl (C=O) groups is 2. The molecule has 1 saturated heterocycles. The third-order valence-corrected chi connectivity index (χ3v) is 4.78. The number of aromatic nitrogens is 1. The molecular formula is C21H19F3N2O4. The highest BCUT2D eigenvalue weighted by Gasteiger charge is 2.46. The molecule has 0 bridgehead atoms. The van der Waals surface area contributed by atoms with E-state index in [1.165, 1.54) is 42.6 Å². The summed E-state index contributed by atoms with van der Waals surface area (Å²) in [5, 5.41) is 10.7. The number of nitrogens with zero attached hydrogens (tertiary/aromatic N) is 2. The fraction of sp³-hybridized carbons (Fsp3) is 0.286. The van der Waals surface area contributed by atoms with Crippen LogP contribution in [-0.2, 0) is 20.5 Å². The Bertz CT molecular complexity index is 956. The molecule has 1 aromatic heterocycles. The number of methoxy groups -OCH3 is 1. The zero-order valence-electron chi connectivity index (χ0n) is 16.0. The van der Waals surface area contributed by atoms with Crippen LogP contribution in [0.4, 0.5) is 13.2 Å². The maximum absolute atomic E-state index is 12.9. The minimum absolute atomic E-state index is 0.133. The van der Waals surface area contributed by atoms with Crippen molar-refractivity contribution in [3.63, 3.8) is 0 Å². The smallest absolute Gasteiger partial charge is 0.416 e. The summed E-state index contributed by atoms with van der Waals surface area (Å²) < 4.78 is 43.8. The zero-order valence-corrected chi connectivity index (χ0v) is 16.0. The number of rotatable bonds is 6. The number of aliphatic hydroxyl groups excluding tert-OH is 1. The fourth-order valence-corrected chi connectivity index (χ4v) is 3.35. The molecule has 30 heavy (non-hydrogen) atoms. The maximum atomic E-state index is 12.9. The first-order valence-corrected chi connectivity index (χ1v) is 9.10. The molecule has 1 unspecified atom stereocenters. The first-order valence-electron chi connectivity index (χ1n) is 9.10. The molecule has 6 nitrogen and oxygen atoms in total. The van der Waals surface area contributed by atoms with Gasteiger partial charge in [-0.3, -0.25) is 14.6 Å². The average molecular weight is 420 g/mol. The van der Waals surface area contributed by atoms with Crippen molar-refractivity contribution in [1.82, 2.24) is 9.88 Å². The molecule has 2 aromatic rings. The number of carbonyl (C=O) groups excluding carboxylic acids is 2. The van der Waals surface area contributed by atoms with E-state index in [1.54, 1.807) is 6.07 Å². The van der Waals surface area contributed by atoms with Gasteiger partial charge < -0.3 is 14.7 Å². The van der Waals surface area contributed by atoms with Crippen molar-refractivity contribution in [2.24, 2.45) is 0 Å². The van der Waals surface area contributed by atoms with E-state index in [1.807, 2.05) is 0 Å². The number of hydrogen-bond acceptors (Lipinski definition) is 5. The van der Waals surface area contributed by atoms with Gasteiger partial charge in [-0.1, -0.05) is 12.1 Å². The van der Waals surface area contributed by atoms with E-state index in [4.69, 9.17) is 4.74 Å². The Labute approximate surface area is 170 Å². The number of aliphatic hydroxyl groups is 1. The van der Waals surface area contributed by atoms with Gasteiger partial charge in [-0.25, -0.2) is 0 Å². The van der Waals surface area contributed by atoms with Gasteiger partial charge in [-0.05, 0) is 36.2 Å². The van der Waals surface area contributed by atoms with Crippen LogP contribution in [-0.4, -0.2) is 46.9 Å². The summed E-state index contributed by atoms with van der Waals surface area (Å²) in [5.41, 5.74) is -0.533. The fourth-order valence-electron chi connectivity index (χ4n) is 3.35. The Balaban J connectivity index is 2.10. The maximum Gasteiger partial charge on any atom is 0.416 e. The van der Waals surface area contributed by atoms with E-state index >= 15 is 0 Å². The van der Waals surface area contributed by atoms with Crippen LogP contribution >= 0.6 is 0 Å². The lowest BCUT2D eigenvalue weighted by atomic mass is 9.95. The van der Waals surface area contributed by atoms with E-state index < -0.39 is 35.2 Å². The summed E-state index contributed by atoms with van der Waals surface area (Å²) >= 11 is 0. The Morgan fingerprint density at radius 3 is 2.47 bits per heavy atom. The molecule has 158 valence electrons. The Hall–Kier alpha value is -3.20. The lowest BCUT2D eigenvalue weighted by Crippen LogP contribution is -2.31. The number of likely N-dealkylation sites (tertiary alicyclic amines) is 1. The third kappa shape index (κ3) is 4.20. The number of Topliss-reactive ketones (excluding diaryl/α,β-unsaturated/α-hetero) is 1. The second kappa shape index (κ2) is 8.66. The van der Waals surface area contributed by atoms with Gasteiger partial charge in [-0.2, -0.15) is 13.2 Å². The number of hydrogen-bond donors (Lipinski definition) is 1. The molecule has 0 radical (unpaired) electrons. The largest absolute Gasteiger partial charge is 0.507 e. The highest BCUT2D eigenvalue weighted by molar-refractivity contribution is 6.46. The summed E-state index contributed by atoms with van der Waals surface area (Å²) in [7, 11) is 1.49. The van der Waals surface area contributed by atoms with Crippen LogP contribution in [0.25, 0.3) is 5.76 Å².